The highest BCUT2D eigenvalue weighted by Crippen LogP contribution is 2.28. The Bertz CT molecular complexity index is 441. The first kappa shape index (κ1) is 14.9. The van der Waals surface area contributed by atoms with E-state index in [4.69, 9.17) is 10.5 Å². The van der Waals surface area contributed by atoms with Crippen LogP contribution in [0.1, 0.15) is 31.7 Å². The van der Waals surface area contributed by atoms with Crippen LogP contribution in [0.4, 0.5) is 5.69 Å². The van der Waals surface area contributed by atoms with Gasteiger partial charge < -0.3 is 15.8 Å². The van der Waals surface area contributed by atoms with Gasteiger partial charge >= 0.3 is 0 Å². The normalized spacial score (nSPS) is 15.3. The van der Waals surface area contributed by atoms with Crippen LogP contribution in [0.15, 0.2) is 29.3 Å². The van der Waals surface area contributed by atoms with Crippen LogP contribution in [-0.4, -0.2) is 25.7 Å². The molecule has 1 aromatic rings. The lowest BCUT2D eigenvalue weighted by Gasteiger charge is -2.07. The molecule has 1 saturated carbocycles. The van der Waals surface area contributed by atoms with Gasteiger partial charge in [0.15, 0.2) is 5.96 Å². The number of aryl methyl sites for hydroxylation is 1. The van der Waals surface area contributed by atoms with E-state index in [0.29, 0.717) is 12.5 Å². The lowest BCUT2D eigenvalue weighted by atomic mass is 10.1. The standard InChI is InChI=1S/C16H25N3O/c1-2-13-5-3-6-15(11-13)19-16(17)18-9-4-10-20-12-14-7-8-14/h3,5-6,11,14H,2,4,7-10,12H2,1H3,(H3,17,18,19). The van der Waals surface area contributed by atoms with E-state index >= 15 is 0 Å². The van der Waals surface area contributed by atoms with Gasteiger partial charge in [0.05, 0.1) is 0 Å². The first-order valence-corrected chi connectivity index (χ1v) is 7.51. The summed E-state index contributed by atoms with van der Waals surface area (Å²) in [6, 6.07) is 8.23. The molecule has 0 saturated heterocycles. The van der Waals surface area contributed by atoms with Crippen LogP contribution < -0.4 is 11.1 Å². The maximum atomic E-state index is 5.87. The summed E-state index contributed by atoms with van der Waals surface area (Å²) < 4.78 is 5.56. The van der Waals surface area contributed by atoms with E-state index in [1.807, 2.05) is 12.1 Å². The molecule has 4 nitrogen and oxygen atoms in total. The van der Waals surface area contributed by atoms with E-state index in [2.05, 4.69) is 29.4 Å². The fraction of sp³-hybridized carbons (Fsp3) is 0.562. The number of ether oxygens (including phenoxy) is 1. The number of nitrogens with zero attached hydrogens (tertiary/aromatic N) is 1. The summed E-state index contributed by atoms with van der Waals surface area (Å²) in [6.45, 7) is 4.54. The molecular formula is C16H25N3O. The van der Waals surface area contributed by atoms with Crippen molar-refractivity contribution in [2.24, 2.45) is 16.6 Å². The van der Waals surface area contributed by atoms with Gasteiger partial charge in [-0.2, -0.15) is 0 Å². The van der Waals surface area contributed by atoms with E-state index < -0.39 is 0 Å². The van der Waals surface area contributed by atoms with Crippen LogP contribution in [-0.2, 0) is 11.2 Å². The summed E-state index contributed by atoms with van der Waals surface area (Å²) in [7, 11) is 0. The summed E-state index contributed by atoms with van der Waals surface area (Å²) in [5.41, 5.74) is 8.15. The van der Waals surface area contributed by atoms with Gasteiger partial charge in [-0.3, -0.25) is 4.99 Å². The second-order valence-corrected chi connectivity index (χ2v) is 5.32. The Balaban J connectivity index is 1.64. The summed E-state index contributed by atoms with van der Waals surface area (Å²) in [5.74, 6) is 1.30. The van der Waals surface area contributed by atoms with Crippen molar-refractivity contribution in [1.29, 1.82) is 0 Å². The van der Waals surface area contributed by atoms with Crippen LogP contribution in [0.3, 0.4) is 0 Å². The highest BCUT2D eigenvalue weighted by molar-refractivity contribution is 5.92. The molecule has 0 atom stereocenters. The number of hydrogen-bond acceptors (Lipinski definition) is 2. The molecule has 110 valence electrons. The second-order valence-electron chi connectivity index (χ2n) is 5.32. The Hall–Kier alpha value is -1.55. The zero-order valence-corrected chi connectivity index (χ0v) is 12.3. The Labute approximate surface area is 121 Å². The largest absolute Gasteiger partial charge is 0.381 e. The third kappa shape index (κ3) is 5.61. The number of hydrogen-bond donors (Lipinski definition) is 2. The molecule has 1 aliphatic carbocycles. The highest BCUT2D eigenvalue weighted by atomic mass is 16.5. The number of anilines is 1. The van der Waals surface area contributed by atoms with Gasteiger partial charge in [0, 0.05) is 25.4 Å². The average molecular weight is 275 g/mol. The first-order chi connectivity index (χ1) is 9.78. The second kappa shape index (κ2) is 7.90. The van der Waals surface area contributed by atoms with Gasteiger partial charge in [0.25, 0.3) is 0 Å². The van der Waals surface area contributed by atoms with Gasteiger partial charge in [-0.1, -0.05) is 19.1 Å². The Morgan fingerprint density at radius 1 is 1.45 bits per heavy atom. The van der Waals surface area contributed by atoms with Crippen molar-refractivity contribution in [2.75, 3.05) is 25.1 Å². The topological polar surface area (TPSA) is 59.6 Å². The maximum absolute atomic E-state index is 5.87. The van der Waals surface area contributed by atoms with Crippen molar-refractivity contribution < 1.29 is 4.74 Å². The molecule has 1 aromatic carbocycles. The number of benzene rings is 1. The van der Waals surface area contributed by atoms with Crippen LogP contribution >= 0.6 is 0 Å². The molecule has 0 heterocycles. The molecule has 2 rings (SSSR count). The molecular weight excluding hydrogens is 250 g/mol. The minimum Gasteiger partial charge on any atom is -0.381 e. The van der Waals surface area contributed by atoms with E-state index in [1.54, 1.807) is 0 Å². The third-order valence-electron chi connectivity index (χ3n) is 3.39. The fourth-order valence-electron chi connectivity index (χ4n) is 1.96. The zero-order chi connectivity index (χ0) is 14.2. The van der Waals surface area contributed by atoms with Gasteiger partial charge in [-0.25, -0.2) is 0 Å². The highest BCUT2D eigenvalue weighted by Gasteiger charge is 2.20. The summed E-state index contributed by atoms with van der Waals surface area (Å²) in [4.78, 5) is 4.31. The number of guanidine groups is 1. The fourth-order valence-corrected chi connectivity index (χ4v) is 1.96. The van der Waals surface area contributed by atoms with Gasteiger partial charge in [0.2, 0.25) is 0 Å². The summed E-state index contributed by atoms with van der Waals surface area (Å²) in [5, 5.41) is 3.12. The van der Waals surface area contributed by atoms with E-state index in [9.17, 15) is 0 Å². The van der Waals surface area contributed by atoms with E-state index in [0.717, 1.165) is 37.7 Å². The van der Waals surface area contributed by atoms with Crippen LogP contribution in [0.2, 0.25) is 0 Å². The van der Waals surface area contributed by atoms with Crippen molar-refractivity contribution in [3.8, 4) is 0 Å². The van der Waals surface area contributed by atoms with Crippen molar-refractivity contribution in [3.05, 3.63) is 29.8 Å². The molecule has 0 radical (unpaired) electrons. The van der Waals surface area contributed by atoms with Crippen LogP contribution in [0.5, 0.6) is 0 Å². The number of nitrogens with two attached hydrogens (primary N) is 1. The van der Waals surface area contributed by atoms with Gasteiger partial charge in [-0.05, 0) is 49.3 Å². The minimum absolute atomic E-state index is 0.473. The van der Waals surface area contributed by atoms with Gasteiger partial charge in [-0.15, -0.1) is 0 Å². The molecule has 20 heavy (non-hydrogen) atoms. The molecule has 0 spiro atoms. The number of nitrogens with one attached hydrogen (secondary N) is 1. The average Bonchev–Trinajstić information content (AvgIpc) is 3.27. The van der Waals surface area contributed by atoms with Crippen molar-refractivity contribution in [1.82, 2.24) is 0 Å². The third-order valence-corrected chi connectivity index (χ3v) is 3.39. The smallest absolute Gasteiger partial charge is 0.193 e. The van der Waals surface area contributed by atoms with E-state index in [-0.39, 0.29) is 0 Å². The van der Waals surface area contributed by atoms with Crippen molar-refractivity contribution in [2.45, 2.75) is 32.6 Å². The Kier molecular flexibility index (Phi) is 5.87. The lowest BCUT2D eigenvalue weighted by molar-refractivity contribution is 0.123. The predicted octanol–water partition coefficient (Wildman–Crippen LogP) is 2.79. The molecule has 0 amide bonds. The molecule has 0 aromatic heterocycles. The maximum Gasteiger partial charge on any atom is 0.193 e. The molecule has 0 bridgehead atoms. The molecule has 1 fully saturated rings. The first-order valence-electron chi connectivity index (χ1n) is 7.51. The minimum atomic E-state index is 0.473. The quantitative estimate of drug-likeness (QED) is 0.436. The van der Waals surface area contributed by atoms with E-state index in [1.165, 1.54) is 18.4 Å². The number of aliphatic imine (C=N–C) groups is 1. The molecule has 4 heteroatoms. The summed E-state index contributed by atoms with van der Waals surface area (Å²) >= 11 is 0. The number of rotatable bonds is 8. The Morgan fingerprint density at radius 3 is 3.05 bits per heavy atom. The summed E-state index contributed by atoms with van der Waals surface area (Å²) in [6.07, 6.45) is 4.62. The Morgan fingerprint density at radius 2 is 2.30 bits per heavy atom. The zero-order valence-electron chi connectivity index (χ0n) is 12.3. The monoisotopic (exact) mass is 275 g/mol. The van der Waals surface area contributed by atoms with Crippen molar-refractivity contribution >= 4 is 11.6 Å². The van der Waals surface area contributed by atoms with Gasteiger partial charge in [0.1, 0.15) is 0 Å². The molecule has 0 unspecified atom stereocenters. The van der Waals surface area contributed by atoms with Crippen molar-refractivity contribution in [3.63, 3.8) is 0 Å². The predicted molar refractivity (Wildman–Crippen MR) is 84.1 cm³/mol. The van der Waals surface area contributed by atoms with Crippen LogP contribution in [0.25, 0.3) is 0 Å². The molecule has 3 N–H and O–H groups in total. The SMILES string of the molecule is CCc1cccc(NC(N)=NCCCOCC2CC2)c1. The van der Waals surface area contributed by atoms with Crippen LogP contribution in [0, 0.1) is 5.92 Å². The molecule has 1 aliphatic rings. The molecule has 0 aliphatic heterocycles. The lowest BCUT2D eigenvalue weighted by Crippen LogP contribution is -2.23.